The minimum atomic E-state index is -0.522. The maximum Gasteiger partial charge on any atom is 0.340 e. The lowest BCUT2D eigenvalue weighted by Crippen LogP contribution is -2.26. The van der Waals surface area contributed by atoms with Gasteiger partial charge in [-0.1, -0.05) is 61.5 Å². The molecule has 1 heterocycles. The fraction of sp³-hybridized carbons (Fsp3) is 0.214. The third-order valence-electron chi connectivity index (χ3n) is 5.82. The highest BCUT2D eigenvalue weighted by Crippen LogP contribution is 2.27. The number of rotatable bonds is 7. The van der Waals surface area contributed by atoms with Gasteiger partial charge in [0.25, 0.3) is 0 Å². The van der Waals surface area contributed by atoms with Gasteiger partial charge in [0.2, 0.25) is 0 Å². The molecule has 0 aliphatic rings. The second-order valence-electron chi connectivity index (χ2n) is 8.34. The quantitative estimate of drug-likeness (QED) is 0.168. The van der Waals surface area contributed by atoms with Crippen LogP contribution >= 0.6 is 0 Å². The van der Waals surface area contributed by atoms with E-state index in [2.05, 4.69) is 17.0 Å². The van der Waals surface area contributed by atoms with Gasteiger partial charge >= 0.3 is 11.9 Å². The molecule has 0 spiro atoms. The van der Waals surface area contributed by atoms with Crippen LogP contribution in [0.25, 0.3) is 22.2 Å². The number of ether oxygens (including phenoxy) is 1. The summed E-state index contributed by atoms with van der Waals surface area (Å²) in [6, 6.07) is 21.0. The molecule has 0 saturated carbocycles. The molecular weight excluding hydrogens is 456 g/mol. The van der Waals surface area contributed by atoms with Gasteiger partial charge in [-0.3, -0.25) is 10.2 Å². The summed E-state index contributed by atoms with van der Waals surface area (Å²) in [6.07, 6.45) is 1.72. The molecule has 0 aliphatic heterocycles. The van der Waals surface area contributed by atoms with Crippen LogP contribution in [0.5, 0.6) is 0 Å². The highest BCUT2D eigenvalue weighted by atomic mass is 16.7. The maximum absolute atomic E-state index is 12.5. The van der Waals surface area contributed by atoms with Crippen LogP contribution in [-0.2, 0) is 27.3 Å². The van der Waals surface area contributed by atoms with Crippen molar-refractivity contribution < 1.29 is 19.2 Å². The summed E-state index contributed by atoms with van der Waals surface area (Å²) in [4.78, 5) is 33.1. The van der Waals surface area contributed by atoms with E-state index in [0.29, 0.717) is 17.7 Å². The molecule has 36 heavy (non-hydrogen) atoms. The van der Waals surface area contributed by atoms with Crippen LogP contribution in [0.15, 0.2) is 66.7 Å². The lowest BCUT2D eigenvalue weighted by molar-refractivity contribution is -0.145. The van der Waals surface area contributed by atoms with Crippen molar-refractivity contribution in [3.8, 4) is 11.1 Å². The number of imidazole rings is 1. The number of hydrogen-bond donors (Lipinski definition) is 2. The van der Waals surface area contributed by atoms with Crippen LogP contribution in [0.4, 0.5) is 0 Å². The molecule has 1 aromatic heterocycles. The number of esters is 1. The Morgan fingerprint density at radius 2 is 1.72 bits per heavy atom. The first-order valence-electron chi connectivity index (χ1n) is 11.7. The first kappa shape index (κ1) is 24.7. The Morgan fingerprint density at radius 3 is 2.42 bits per heavy atom. The van der Waals surface area contributed by atoms with Gasteiger partial charge in [0.1, 0.15) is 5.82 Å². The lowest BCUT2D eigenvalue weighted by atomic mass is 9.98. The second kappa shape index (κ2) is 10.9. The molecule has 4 rings (SSSR count). The monoisotopic (exact) mass is 484 g/mol. The molecular formula is C28H28N4O4. The lowest BCUT2D eigenvalue weighted by Gasteiger charge is -2.14. The Morgan fingerprint density at radius 1 is 1.00 bits per heavy atom. The number of aryl methyl sites for hydroxylation is 1. The van der Waals surface area contributed by atoms with Gasteiger partial charge in [0.05, 0.1) is 23.7 Å². The Kier molecular flexibility index (Phi) is 7.44. The zero-order valence-corrected chi connectivity index (χ0v) is 20.5. The molecule has 0 unspecified atom stereocenters. The highest BCUT2D eigenvalue weighted by Gasteiger charge is 2.19. The smallest absolute Gasteiger partial charge is 0.340 e. The van der Waals surface area contributed by atoms with Crippen molar-refractivity contribution >= 4 is 28.8 Å². The Balaban J connectivity index is 1.67. The van der Waals surface area contributed by atoms with Gasteiger partial charge < -0.3 is 14.1 Å². The number of para-hydroxylation sites is 1. The van der Waals surface area contributed by atoms with E-state index in [1.807, 2.05) is 54.6 Å². The molecule has 0 fully saturated rings. The van der Waals surface area contributed by atoms with Gasteiger partial charge in [0.15, 0.2) is 5.84 Å². The molecule has 0 radical (unpaired) electrons. The average molecular weight is 485 g/mol. The number of nitrogens with one attached hydrogen (secondary N) is 2. The predicted octanol–water partition coefficient (Wildman–Crippen LogP) is 4.88. The number of hydrogen-bond acceptors (Lipinski definition) is 6. The van der Waals surface area contributed by atoms with E-state index in [9.17, 15) is 9.59 Å². The summed E-state index contributed by atoms with van der Waals surface area (Å²) in [5.41, 5.74) is 7.83. The first-order chi connectivity index (χ1) is 17.4. The summed E-state index contributed by atoms with van der Waals surface area (Å²) in [5, 5.41) is 8.26. The summed E-state index contributed by atoms with van der Waals surface area (Å²) in [7, 11) is 1.38. The van der Waals surface area contributed by atoms with Crippen molar-refractivity contribution in [2.75, 3.05) is 7.11 Å². The largest absolute Gasteiger partial charge is 0.465 e. The molecule has 184 valence electrons. The fourth-order valence-corrected chi connectivity index (χ4v) is 4.20. The fourth-order valence-electron chi connectivity index (χ4n) is 4.20. The van der Waals surface area contributed by atoms with Crippen molar-refractivity contribution in [3.63, 3.8) is 0 Å². The van der Waals surface area contributed by atoms with Gasteiger partial charge in [-0.25, -0.2) is 15.3 Å². The SMILES string of the molecule is CCCc1nc2cccc(C(=O)OC)c2n1Cc1ccc(-c2ccccc2C(=N)NOC(C)=O)cc1. The van der Waals surface area contributed by atoms with Crippen LogP contribution in [0.1, 0.15) is 47.6 Å². The minimum Gasteiger partial charge on any atom is -0.465 e. The molecule has 0 bridgehead atoms. The van der Waals surface area contributed by atoms with E-state index >= 15 is 0 Å². The summed E-state index contributed by atoms with van der Waals surface area (Å²) < 4.78 is 7.10. The molecule has 8 nitrogen and oxygen atoms in total. The third kappa shape index (κ3) is 5.12. The van der Waals surface area contributed by atoms with E-state index < -0.39 is 5.97 Å². The molecule has 0 aliphatic carbocycles. The molecule has 4 aromatic rings. The molecule has 0 atom stereocenters. The van der Waals surface area contributed by atoms with Crippen LogP contribution in [0.3, 0.4) is 0 Å². The van der Waals surface area contributed by atoms with Crippen LogP contribution in [0, 0.1) is 5.41 Å². The van der Waals surface area contributed by atoms with E-state index in [1.54, 1.807) is 12.1 Å². The maximum atomic E-state index is 12.5. The van der Waals surface area contributed by atoms with Crippen LogP contribution < -0.4 is 5.48 Å². The summed E-state index contributed by atoms with van der Waals surface area (Å²) in [6.45, 7) is 3.92. The van der Waals surface area contributed by atoms with Gasteiger partial charge in [-0.15, -0.1) is 0 Å². The number of methoxy groups -OCH3 is 1. The number of aromatic nitrogens is 2. The van der Waals surface area contributed by atoms with Crippen molar-refractivity contribution in [1.29, 1.82) is 5.41 Å². The average Bonchev–Trinajstić information content (AvgIpc) is 3.24. The number of hydroxylamine groups is 1. The van der Waals surface area contributed by atoms with Crippen LogP contribution in [0.2, 0.25) is 0 Å². The van der Waals surface area contributed by atoms with Crippen molar-refractivity contribution in [2.45, 2.75) is 33.2 Å². The van der Waals surface area contributed by atoms with Crippen molar-refractivity contribution in [1.82, 2.24) is 15.0 Å². The van der Waals surface area contributed by atoms with E-state index in [4.69, 9.17) is 20.0 Å². The van der Waals surface area contributed by atoms with Crippen LogP contribution in [-0.4, -0.2) is 34.4 Å². The third-order valence-corrected chi connectivity index (χ3v) is 5.82. The molecule has 8 heteroatoms. The van der Waals surface area contributed by atoms with Gasteiger partial charge in [-0.2, -0.15) is 0 Å². The zero-order chi connectivity index (χ0) is 25.7. The first-order valence-corrected chi connectivity index (χ1v) is 11.7. The van der Waals surface area contributed by atoms with Crippen molar-refractivity contribution in [3.05, 3.63) is 89.2 Å². The highest BCUT2D eigenvalue weighted by molar-refractivity contribution is 6.03. The van der Waals surface area contributed by atoms with E-state index in [0.717, 1.165) is 46.4 Å². The van der Waals surface area contributed by atoms with E-state index in [-0.39, 0.29) is 11.8 Å². The Bertz CT molecular complexity index is 1420. The zero-order valence-electron chi connectivity index (χ0n) is 20.5. The Labute approximate surface area is 209 Å². The summed E-state index contributed by atoms with van der Waals surface area (Å²) in [5.74, 6) is 0.00514. The topological polar surface area (TPSA) is 106 Å². The van der Waals surface area contributed by atoms with Gasteiger partial charge in [0, 0.05) is 25.5 Å². The molecule has 0 amide bonds. The van der Waals surface area contributed by atoms with Crippen molar-refractivity contribution in [2.24, 2.45) is 0 Å². The Hall–Kier alpha value is -4.46. The standard InChI is InChI=1S/C28H28N4O4/c1-4-8-25-30-24-12-7-11-23(28(34)35-3)26(24)32(25)17-19-13-15-20(16-14-19)21-9-5-6-10-22(21)27(29)31-36-18(2)33/h5-7,9-16H,4,8,17H2,1-3H3,(H2,29,31). The normalized spacial score (nSPS) is 10.8. The number of amidine groups is 1. The summed E-state index contributed by atoms with van der Waals surface area (Å²) >= 11 is 0. The van der Waals surface area contributed by atoms with E-state index in [1.165, 1.54) is 14.0 Å². The minimum absolute atomic E-state index is 0.00527. The molecule has 0 saturated heterocycles. The number of benzene rings is 3. The second-order valence-corrected chi connectivity index (χ2v) is 8.34. The van der Waals surface area contributed by atoms with Gasteiger partial charge in [-0.05, 0) is 35.2 Å². The number of nitrogens with zero attached hydrogens (tertiary/aromatic N) is 2. The number of carbonyl (C=O) groups is 2. The number of carbonyl (C=O) groups excluding carboxylic acids is 2. The molecule has 3 aromatic carbocycles. The molecule has 2 N–H and O–H groups in total. The number of fused-ring (bicyclic) bond motifs is 1. The predicted molar refractivity (Wildman–Crippen MR) is 138 cm³/mol.